The van der Waals surface area contributed by atoms with Crippen LogP contribution in [0.25, 0.3) is 76.2 Å². The number of fused-ring (bicyclic) bond motifs is 8. The van der Waals surface area contributed by atoms with Crippen molar-refractivity contribution in [1.82, 2.24) is 15.0 Å². The molecule has 4 heteroatoms. The van der Waals surface area contributed by atoms with E-state index in [9.17, 15) is 0 Å². The molecule has 51 heavy (non-hydrogen) atoms. The Morgan fingerprint density at radius 1 is 0.471 bits per heavy atom. The van der Waals surface area contributed by atoms with Crippen molar-refractivity contribution < 1.29 is 0 Å². The van der Waals surface area contributed by atoms with Crippen LogP contribution >= 0.6 is 11.3 Å². The molecule has 4 saturated carbocycles. The first kappa shape index (κ1) is 28.5. The molecule has 0 radical (unpaired) electrons. The third-order valence-corrected chi connectivity index (χ3v) is 14.2. The summed E-state index contributed by atoms with van der Waals surface area (Å²) in [6.07, 6.45) is 6.87. The molecule has 0 unspecified atom stereocenters. The highest BCUT2D eigenvalue weighted by atomic mass is 32.1. The average molecular weight is 674 g/mol. The molecule has 6 aromatic carbocycles. The van der Waals surface area contributed by atoms with Crippen molar-refractivity contribution in [2.75, 3.05) is 0 Å². The molecular formula is C47H35N3S. The summed E-state index contributed by atoms with van der Waals surface area (Å²) in [4.78, 5) is 16.1. The quantitative estimate of drug-likeness (QED) is 0.187. The zero-order chi connectivity index (χ0) is 33.3. The van der Waals surface area contributed by atoms with Gasteiger partial charge in [0.2, 0.25) is 0 Å². The molecule has 13 rings (SSSR count). The molecule has 0 atom stereocenters. The lowest BCUT2D eigenvalue weighted by atomic mass is 9.43. The molecule has 2 aromatic heterocycles. The number of hydrogen-bond donors (Lipinski definition) is 0. The first-order valence-corrected chi connectivity index (χ1v) is 19.4. The van der Waals surface area contributed by atoms with Gasteiger partial charge in [-0.1, -0.05) is 115 Å². The second-order valence-corrected chi connectivity index (χ2v) is 16.6. The maximum Gasteiger partial charge on any atom is 0.164 e. The molecule has 0 aliphatic heterocycles. The van der Waals surface area contributed by atoms with Crippen LogP contribution in [0, 0.1) is 23.7 Å². The molecule has 0 amide bonds. The molecule has 5 aliphatic carbocycles. The molecule has 1 spiro atoms. The molecular weight excluding hydrogens is 639 g/mol. The maximum atomic E-state index is 5.47. The van der Waals surface area contributed by atoms with Crippen molar-refractivity contribution in [2.24, 2.45) is 23.7 Å². The zero-order valence-electron chi connectivity index (χ0n) is 28.2. The van der Waals surface area contributed by atoms with Gasteiger partial charge in [-0.3, -0.25) is 0 Å². The molecule has 3 nitrogen and oxygen atoms in total. The molecule has 8 aromatic rings. The second kappa shape index (κ2) is 10.4. The van der Waals surface area contributed by atoms with E-state index in [0.29, 0.717) is 17.7 Å². The van der Waals surface area contributed by atoms with Gasteiger partial charge >= 0.3 is 0 Å². The Balaban J connectivity index is 1.16. The molecule has 4 fully saturated rings. The molecule has 244 valence electrons. The van der Waals surface area contributed by atoms with Gasteiger partial charge in [-0.2, -0.15) is 0 Å². The summed E-state index contributed by atoms with van der Waals surface area (Å²) in [6.45, 7) is 0. The average Bonchev–Trinajstić information content (AvgIpc) is 3.71. The number of nitrogens with zero attached hydrogens (tertiary/aromatic N) is 3. The summed E-state index contributed by atoms with van der Waals surface area (Å²) >= 11 is 1.83. The van der Waals surface area contributed by atoms with Crippen LogP contribution in [0.1, 0.15) is 43.2 Å². The third kappa shape index (κ3) is 3.86. The van der Waals surface area contributed by atoms with Crippen molar-refractivity contribution >= 4 is 42.3 Å². The highest BCUT2D eigenvalue weighted by Gasteiger charge is 2.62. The number of aromatic nitrogens is 3. The van der Waals surface area contributed by atoms with Crippen LogP contribution < -0.4 is 0 Å². The van der Waals surface area contributed by atoms with Crippen molar-refractivity contribution in [3.05, 3.63) is 139 Å². The Bertz CT molecular complexity index is 2700. The van der Waals surface area contributed by atoms with E-state index in [-0.39, 0.29) is 5.41 Å². The zero-order valence-corrected chi connectivity index (χ0v) is 29.0. The van der Waals surface area contributed by atoms with Gasteiger partial charge in [-0.15, -0.1) is 11.3 Å². The van der Waals surface area contributed by atoms with Crippen LogP contribution in [0.3, 0.4) is 0 Å². The van der Waals surface area contributed by atoms with Crippen LogP contribution in [0.4, 0.5) is 0 Å². The molecule has 2 heterocycles. The highest BCUT2D eigenvalue weighted by Crippen LogP contribution is 2.70. The standard InChI is InChI=1S/C47H35N3S/c1-2-11-30(12-3-1)44-48-45(35-16-9-19-40-41(35)34-14-6-7-18-39(34)51-40)50-46(49-44)36-15-8-17-37-43(36)42-33-13-5-4-10-29(33)20-21-38(42)47(37)31-23-27-22-28(25-31)26-32(47)24-27/h1-21,27-28,31-32H,22-26H2. The summed E-state index contributed by atoms with van der Waals surface area (Å²) in [5.41, 5.74) is 9.09. The van der Waals surface area contributed by atoms with Crippen LogP contribution in [0.5, 0.6) is 0 Å². The Morgan fingerprint density at radius 2 is 1.10 bits per heavy atom. The van der Waals surface area contributed by atoms with E-state index < -0.39 is 0 Å². The van der Waals surface area contributed by atoms with Crippen LogP contribution in [-0.2, 0) is 5.41 Å². The van der Waals surface area contributed by atoms with Gasteiger partial charge in [-0.25, -0.2) is 15.0 Å². The van der Waals surface area contributed by atoms with Crippen LogP contribution in [0.15, 0.2) is 127 Å². The van der Waals surface area contributed by atoms with E-state index in [0.717, 1.165) is 40.2 Å². The maximum absolute atomic E-state index is 5.47. The first-order chi connectivity index (χ1) is 25.2. The number of benzene rings is 6. The number of rotatable bonds is 3. The largest absolute Gasteiger partial charge is 0.208 e. The number of hydrogen-bond acceptors (Lipinski definition) is 4. The van der Waals surface area contributed by atoms with Gasteiger partial charge < -0.3 is 0 Å². The van der Waals surface area contributed by atoms with Gasteiger partial charge in [0.1, 0.15) is 0 Å². The molecule has 0 saturated heterocycles. The minimum absolute atomic E-state index is 0.0530. The Morgan fingerprint density at radius 3 is 1.92 bits per heavy atom. The summed E-state index contributed by atoms with van der Waals surface area (Å²) in [7, 11) is 0. The number of thiophene rings is 1. The fraction of sp³-hybridized carbons (Fsp3) is 0.213. The normalized spacial score (nSPS) is 24.2. The first-order valence-electron chi connectivity index (χ1n) is 18.6. The van der Waals surface area contributed by atoms with Crippen molar-refractivity contribution in [2.45, 2.75) is 37.5 Å². The summed E-state index contributed by atoms with van der Waals surface area (Å²) < 4.78 is 2.53. The van der Waals surface area contributed by atoms with Crippen molar-refractivity contribution in [3.63, 3.8) is 0 Å². The van der Waals surface area contributed by atoms with Gasteiger partial charge in [0.05, 0.1) is 0 Å². The van der Waals surface area contributed by atoms with Gasteiger partial charge in [-0.05, 0) is 101 Å². The van der Waals surface area contributed by atoms with E-state index in [4.69, 9.17) is 15.0 Å². The summed E-state index contributed by atoms with van der Waals surface area (Å²) in [6, 6.07) is 46.7. The monoisotopic (exact) mass is 673 g/mol. The molecule has 4 bridgehead atoms. The van der Waals surface area contributed by atoms with Gasteiger partial charge in [0.15, 0.2) is 17.5 Å². The fourth-order valence-corrected chi connectivity index (χ4v) is 12.6. The minimum Gasteiger partial charge on any atom is -0.208 e. The molecule has 0 N–H and O–H groups in total. The minimum atomic E-state index is 0.0530. The Labute approximate surface area is 301 Å². The fourth-order valence-electron chi connectivity index (χ4n) is 11.5. The van der Waals surface area contributed by atoms with E-state index in [1.54, 1.807) is 5.56 Å². The predicted octanol–water partition coefficient (Wildman–Crippen LogP) is 12.1. The lowest BCUT2D eigenvalue weighted by molar-refractivity contribution is -0.0399. The van der Waals surface area contributed by atoms with E-state index in [1.807, 2.05) is 11.3 Å². The lowest BCUT2D eigenvalue weighted by Gasteiger charge is -2.61. The summed E-state index contributed by atoms with van der Waals surface area (Å²) in [5.74, 6) is 5.35. The van der Waals surface area contributed by atoms with Crippen LogP contribution in [0.2, 0.25) is 0 Å². The Kier molecular flexibility index (Phi) is 5.83. The van der Waals surface area contributed by atoms with E-state index in [2.05, 4.69) is 127 Å². The summed E-state index contributed by atoms with van der Waals surface area (Å²) in [5, 5.41) is 5.12. The van der Waals surface area contributed by atoms with Crippen molar-refractivity contribution in [1.29, 1.82) is 0 Å². The van der Waals surface area contributed by atoms with Crippen molar-refractivity contribution in [3.8, 4) is 45.3 Å². The van der Waals surface area contributed by atoms with Gasteiger partial charge in [0.25, 0.3) is 0 Å². The Hall–Kier alpha value is -5.19. The lowest BCUT2D eigenvalue weighted by Crippen LogP contribution is -2.55. The molecule has 5 aliphatic rings. The predicted molar refractivity (Wildman–Crippen MR) is 210 cm³/mol. The third-order valence-electron chi connectivity index (χ3n) is 13.1. The second-order valence-electron chi connectivity index (χ2n) is 15.6. The smallest absolute Gasteiger partial charge is 0.164 e. The van der Waals surface area contributed by atoms with Crippen LogP contribution in [-0.4, -0.2) is 15.0 Å². The topological polar surface area (TPSA) is 38.7 Å². The van der Waals surface area contributed by atoms with E-state index >= 15 is 0 Å². The van der Waals surface area contributed by atoms with Gasteiger partial charge in [0, 0.05) is 42.3 Å². The SMILES string of the molecule is c1ccc(-c2nc(-c3cccc4c3-c3c(ccc5ccccc35)C43C4CC5CC(C4)CC3C5)nc(-c3cccc4sc5ccccc5c34)n2)cc1. The highest BCUT2D eigenvalue weighted by molar-refractivity contribution is 7.25. The van der Waals surface area contributed by atoms with E-state index in [1.165, 1.54) is 79.7 Å².